The Morgan fingerprint density at radius 1 is 0.786 bits per heavy atom. The van der Waals surface area contributed by atoms with E-state index >= 15 is 0 Å². The molecule has 0 unspecified atom stereocenters. The van der Waals surface area contributed by atoms with E-state index in [2.05, 4.69) is 47.3 Å². The van der Waals surface area contributed by atoms with Gasteiger partial charge in [-0.15, -0.1) is 0 Å². The van der Waals surface area contributed by atoms with Gasteiger partial charge in [0.25, 0.3) is 11.8 Å². The molecule has 1 saturated carbocycles. The molecule has 222 valence electrons. The number of hydrogen-bond donors (Lipinski definition) is 2. The van der Waals surface area contributed by atoms with Gasteiger partial charge in [0, 0.05) is 49.2 Å². The van der Waals surface area contributed by atoms with Crippen molar-refractivity contribution >= 4 is 28.9 Å². The minimum atomic E-state index is -0.188. The number of methoxy groups -OCH3 is 1. The first kappa shape index (κ1) is 29.5. The second-order valence-corrected chi connectivity index (χ2v) is 12.5. The van der Waals surface area contributed by atoms with E-state index in [0.717, 1.165) is 69.0 Å². The molecule has 2 aliphatic rings. The van der Waals surface area contributed by atoms with E-state index in [1.807, 2.05) is 60.7 Å². The lowest BCUT2D eigenvalue weighted by Gasteiger charge is -2.38. The van der Waals surface area contributed by atoms with Crippen LogP contribution in [0.15, 0.2) is 66.7 Å². The summed E-state index contributed by atoms with van der Waals surface area (Å²) in [5.41, 5.74) is 4.99. The fourth-order valence-corrected chi connectivity index (χ4v) is 5.99. The number of amides is 2. The minimum absolute atomic E-state index is 0.0179. The number of rotatable bonds is 7. The number of benzene rings is 3. The molecule has 3 aromatic carbocycles. The zero-order chi connectivity index (χ0) is 29.7. The third kappa shape index (κ3) is 6.89. The van der Waals surface area contributed by atoms with Crippen molar-refractivity contribution in [2.24, 2.45) is 0 Å². The van der Waals surface area contributed by atoms with Crippen molar-refractivity contribution < 1.29 is 14.3 Å². The van der Waals surface area contributed by atoms with Crippen molar-refractivity contribution in [1.82, 2.24) is 5.32 Å². The molecule has 0 aromatic heterocycles. The Kier molecular flexibility index (Phi) is 9.05. The van der Waals surface area contributed by atoms with Crippen molar-refractivity contribution in [1.29, 1.82) is 0 Å². The third-order valence-corrected chi connectivity index (χ3v) is 8.50. The monoisotopic (exact) mass is 568 g/mol. The van der Waals surface area contributed by atoms with Crippen molar-refractivity contribution in [2.75, 3.05) is 48.4 Å². The summed E-state index contributed by atoms with van der Waals surface area (Å²) in [6.07, 6.45) is 5.55. The summed E-state index contributed by atoms with van der Waals surface area (Å²) in [6, 6.07) is 21.7. The Labute approximate surface area is 250 Å². The number of hydrogen-bond acceptors (Lipinski definition) is 5. The third-order valence-electron chi connectivity index (χ3n) is 8.50. The van der Waals surface area contributed by atoms with Gasteiger partial charge in [0.2, 0.25) is 0 Å². The highest BCUT2D eigenvalue weighted by Crippen LogP contribution is 2.31. The van der Waals surface area contributed by atoms with E-state index in [0.29, 0.717) is 16.8 Å². The Morgan fingerprint density at radius 3 is 2.07 bits per heavy atom. The van der Waals surface area contributed by atoms with Crippen LogP contribution in [0.2, 0.25) is 0 Å². The Bertz CT molecular complexity index is 1380. The first-order valence-electron chi connectivity index (χ1n) is 15.2. The molecule has 2 fully saturated rings. The molecule has 2 amide bonds. The van der Waals surface area contributed by atoms with E-state index < -0.39 is 0 Å². The lowest BCUT2D eigenvalue weighted by Crippen LogP contribution is -2.47. The topological polar surface area (TPSA) is 73.9 Å². The second kappa shape index (κ2) is 12.9. The molecule has 7 nitrogen and oxygen atoms in total. The molecule has 3 aromatic rings. The molecule has 1 saturated heterocycles. The summed E-state index contributed by atoms with van der Waals surface area (Å²) in [7, 11) is 1.70. The fourth-order valence-electron chi connectivity index (χ4n) is 5.99. The molecule has 1 aliphatic carbocycles. The molecular formula is C35H44N4O3. The second-order valence-electron chi connectivity index (χ2n) is 12.5. The van der Waals surface area contributed by atoms with Crippen LogP contribution >= 0.6 is 0 Å². The van der Waals surface area contributed by atoms with Gasteiger partial charge in [0.1, 0.15) is 5.75 Å². The van der Waals surface area contributed by atoms with Gasteiger partial charge in [-0.25, -0.2) is 0 Å². The zero-order valence-corrected chi connectivity index (χ0v) is 25.4. The van der Waals surface area contributed by atoms with Gasteiger partial charge >= 0.3 is 0 Å². The first-order valence-corrected chi connectivity index (χ1v) is 15.2. The Balaban J connectivity index is 1.35. The van der Waals surface area contributed by atoms with E-state index in [9.17, 15) is 9.59 Å². The molecule has 0 atom stereocenters. The van der Waals surface area contributed by atoms with Crippen LogP contribution < -0.4 is 25.2 Å². The number of piperazine rings is 1. The molecule has 42 heavy (non-hydrogen) atoms. The molecule has 0 bridgehead atoms. The molecule has 0 radical (unpaired) electrons. The lowest BCUT2D eigenvalue weighted by atomic mass is 9.87. The standard InChI is InChI=1S/C35H44N4O3/c1-35(2,3)26-16-14-25(15-17-26)33(40)37-28-18-19-30(29(24-28)34(41)36-27-10-6-5-7-11-27)38-20-22-39(23-21-38)31-12-8-9-13-32(31)42-4/h8-9,12-19,24,27H,5-7,10-11,20-23H2,1-4H3,(H,36,41)(H,37,40). The number of ether oxygens (including phenoxy) is 1. The van der Waals surface area contributed by atoms with Crippen LogP contribution in [0.4, 0.5) is 17.1 Å². The van der Waals surface area contributed by atoms with E-state index in [-0.39, 0.29) is 23.3 Å². The summed E-state index contributed by atoms with van der Waals surface area (Å²) in [4.78, 5) is 31.5. The highest BCUT2D eigenvalue weighted by Gasteiger charge is 2.25. The van der Waals surface area contributed by atoms with Crippen molar-refractivity contribution in [3.63, 3.8) is 0 Å². The van der Waals surface area contributed by atoms with Crippen molar-refractivity contribution in [2.45, 2.75) is 64.3 Å². The molecular weight excluding hydrogens is 524 g/mol. The molecule has 1 aliphatic heterocycles. The zero-order valence-electron chi connectivity index (χ0n) is 25.4. The van der Waals surface area contributed by atoms with Crippen molar-refractivity contribution in [3.05, 3.63) is 83.4 Å². The largest absolute Gasteiger partial charge is 0.495 e. The Morgan fingerprint density at radius 2 is 1.43 bits per heavy atom. The van der Waals surface area contributed by atoms with Crippen LogP contribution in [0.1, 0.15) is 79.2 Å². The van der Waals surface area contributed by atoms with Gasteiger partial charge in [-0.1, -0.05) is 64.3 Å². The first-order chi connectivity index (χ1) is 20.2. The number of nitrogens with one attached hydrogen (secondary N) is 2. The maximum Gasteiger partial charge on any atom is 0.255 e. The lowest BCUT2D eigenvalue weighted by molar-refractivity contribution is 0.0927. The van der Waals surface area contributed by atoms with Crippen LogP contribution in [0, 0.1) is 0 Å². The van der Waals surface area contributed by atoms with Gasteiger partial charge < -0.3 is 25.2 Å². The predicted octanol–water partition coefficient (Wildman–Crippen LogP) is 6.63. The quantitative estimate of drug-likeness (QED) is 0.335. The summed E-state index contributed by atoms with van der Waals surface area (Å²) >= 11 is 0. The Hall–Kier alpha value is -4.00. The average Bonchev–Trinajstić information content (AvgIpc) is 3.01. The van der Waals surface area contributed by atoms with Gasteiger partial charge in [-0.05, 0) is 66.3 Å². The van der Waals surface area contributed by atoms with Crippen LogP contribution in [0.3, 0.4) is 0 Å². The minimum Gasteiger partial charge on any atom is -0.495 e. The molecule has 2 N–H and O–H groups in total. The van der Waals surface area contributed by atoms with E-state index in [1.165, 1.54) is 12.0 Å². The van der Waals surface area contributed by atoms with Crippen LogP contribution in [-0.2, 0) is 5.41 Å². The molecule has 1 heterocycles. The number of anilines is 3. The van der Waals surface area contributed by atoms with E-state index in [1.54, 1.807) is 7.11 Å². The van der Waals surface area contributed by atoms with Crippen molar-refractivity contribution in [3.8, 4) is 5.75 Å². The summed E-state index contributed by atoms with van der Waals surface area (Å²) < 4.78 is 5.59. The van der Waals surface area contributed by atoms with Gasteiger partial charge in [0.05, 0.1) is 18.4 Å². The molecule has 7 heteroatoms. The summed E-state index contributed by atoms with van der Waals surface area (Å²) in [6.45, 7) is 9.63. The molecule has 5 rings (SSSR count). The fraction of sp³-hybridized carbons (Fsp3) is 0.429. The SMILES string of the molecule is COc1ccccc1N1CCN(c2ccc(NC(=O)c3ccc(C(C)(C)C)cc3)cc2C(=O)NC2CCCCC2)CC1. The van der Waals surface area contributed by atoms with Gasteiger partial charge in [-0.3, -0.25) is 9.59 Å². The highest BCUT2D eigenvalue weighted by atomic mass is 16.5. The predicted molar refractivity (Wildman–Crippen MR) is 171 cm³/mol. The highest BCUT2D eigenvalue weighted by molar-refractivity contribution is 6.06. The average molecular weight is 569 g/mol. The maximum absolute atomic E-state index is 13.7. The van der Waals surface area contributed by atoms with Crippen LogP contribution in [-0.4, -0.2) is 51.1 Å². The number of carbonyl (C=O) groups is 2. The summed E-state index contributed by atoms with van der Waals surface area (Å²) in [5.74, 6) is 0.605. The number of para-hydroxylation sites is 2. The van der Waals surface area contributed by atoms with Gasteiger partial charge in [0.15, 0.2) is 0 Å². The smallest absolute Gasteiger partial charge is 0.255 e. The molecule has 0 spiro atoms. The maximum atomic E-state index is 13.7. The van der Waals surface area contributed by atoms with Crippen LogP contribution in [0.5, 0.6) is 5.75 Å². The van der Waals surface area contributed by atoms with Gasteiger partial charge in [-0.2, -0.15) is 0 Å². The number of carbonyl (C=O) groups excluding carboxylic acids is 2. The van der Waals surface area contributed by atoms with Crippen LogP contribution in [0.25, 0.3) is 0 Å². The number of nitrogens with zero attached hydrogens (tertiary/aromatic N) is 2. The summed E-state index contributed by atoms with van der Waals surface area (Å²) in [5, 5.41) is 6.32. The van der Waals surface area contributed by atoms with E-state index in [4.69, 9.17) is 4.74 Å². The normalized spacial score (nSPS) is 16.2.